The maximum absolute atomic E-state index is 13.4. The molecule has 1 heterocycles. The smallest absolute Gasteiger partial charge is 0.258 e. The molecule has 38 heavy (non-hydrogen) atoms. The molecule has 1 fully saturated rings. The Hall–Kier alpha value is -4.42. The Balaban J connectivity index is 1.31. The number of amides is 2. The standard InChI is InChI=1S/C32H31N3O3/c1-23-11-13-24(14-12-23)27-7-3-4-8-28(27)31(36)33-26-17-15-25(16-18-26)32(37)34(2)29-9-5-6-10-30(29)35-19-21-38-22-20-35/h3-18H,19-22H2,1-2H3,(H,33,36). The van der Waals surface area contributed by atoms with E-state index < -0.39 is 0 Å². The molecule has 5 rings (SSSR count). The van der Waals surface area contributed by atoms with Gasteiger partial charge in [-0.15, -0.1) is 0 Å². The number of benzene rings is 4. The predicted octanol–water partition coefficient (Wildman–Crippen LogP) is 6.03. The Morgan fingerprint density at radius 3 is 2.21 bits per heavy atom. The van der Waals surface area contributed by atoms with Gasteiger partial charge in [0, 0.05) is 37.0 Å². The topological polar surface area (TPSA) is 61.9 Å². The average molecular weight is 506 g/mol. The first-order chi connectivity index (χ1) is 18.5. The van der Waals surface area contributed by atoms with Crippen molar-refractivity contribution < 1.29 is 14.3 Å². The Bertz CT molecular complexity index is 1430. The summed E-state index contributed by atoms with van der Waals surface area (Å²) in [5, 5.41) is 2.98. The lowest BCUT2D eigenvalue weighted by atomic mass is 9.98. The van der Waals surface area contributed by atoms with Crippen molar-refractivity contribution >= 4 is 28.9 Å². The lowest BCUT2D eigenvalue weighted by molar-refractivity contribution is 0.0991. The number of aryl methyl sites for hydroxylation is 1. The second-order valence-electron chi connectivity index (χ2n) is 9.40. The Morgan fingerprint density at radius 2 is 1.47 bits per heavy atom. The van der Waals surface area contributed by atoms with E-state index >= 15 is 0 Å². The first-order valence-electron chi connectivity index (χ1n) is 12.8. The minimum atomic E-state index is -0.197. The van der Waals surface area contributed by atoms with Crippen LogP contribution in [0.1, 0.15) is 26.3 Å². The fourth-order valence-electron chi connectivity index (χ4n) is 4.68. The summed E-state index contributed by atoms with van der Waals surface area (Å²) in [4.78, 5) is 30.5. The normalized spacial score (nSPS) is 13.2. The van der Waals surface area contributed by atoms with Gasteiger partial charge in [-0.05, 0) is 60.5 Å². The first kappa shape index (κ1) is 25.2. The van der Waals surface area contributed by atoms with Crippen LogP contribution in [0, 0.1) is 6.92 Å². The van der Waals surface area contributed by atoms with E-state index in [-0.39, 0.29) is 11.8 Å². The van der Waals surface area contributed by atoms with Gasteiger partial charge < -0.3 is 19.9 Å². The monoisotopic (exact) mass is 505 g/mol. The molecule has 0 bridgehead atoms. The van der Waals surface area contributed by atoms with Crippen LogP contribution in [0.15, 0.2) is 97.1 Å². The van der Waals surface area contributed by atoms with Crippen LogP contribution < -0.4 is 15.1 Å². The molecule has 0 aliphatic carbocycles. The number of carbonyl (C=O) groups is 2. The van der Waals surface area contributed by atoms with Crippen LogP contribution >= 0.6 is 0 Å². The Kier molecular flexibility index (Phi) is 7.52. The third kappa shape index (κ3) is 5.45. The van der Waals surface area contributed by atoms with Crippen molar-refractivity contribution in [1.82, 2.24) is 0 Å². The largest absolute Gasteiger partial charge is 0.378 e. The highest BCUT2D eigenvalue weighted by Gasteiger charge is 2.21. The third-order valence-corrected chi connectivity index (χ3v) is 6.82. The molecule has 0 unspecified atom stereocenters. The van der Waals surface area contributed by atoms with E-state index in [4.69, 9.17) is 4.74 Å². The van der Waals surface area contributed by atoms with Crippen molar-refractivity contribution in [3.63, 3.8) is 0 Å². The van der Waals surface area contributed by atoms with Crippen molar-refractivity contribution in [2.45, 2.75) is 6.92 Å². The highest BCUT2D eigenvalue weighted by molar-refractivity contribution is 6.10. The molecule has 192 valence electrons. The number of morpholine rings is 1. The lowest BCUT2D eigenvalue weighted by Crippen LogP contribution is -2.38. The van der Waals surface area contributed by atoms with Gasteiger partial charge in [0.1, 0.15) is 0 Å². The van der Waals surface area contributed by atoms with Crippen LogP contribution in [0.5, 0.6) is 0 Å². The second-order valence-corrected chi connectivity index (χ2v) is 9.40. The van der Waals surface area contributed by atoms with Crippen LogP contribution in [-0.2, 0) is 4.74 Å². The first-order valence-corrected chi connectivity index (χ1v) is 12.8. The van der Waals surface area contributed by atoms with E-state index in [2.05, 4.69) is 10.2 Å². The molecular weight excluding hydrogens is 474 g/mol. The number of ether oxygens (including phenoxy) is 1. The zero-order valence-corrected chi connectivity index (χ0v) is 21.7. The zero-order valence-electron chi connectivity index (χ0n) is 21.7. The number of hydrogen-bond donors (Lipinski definition) is 1. The Labute approximate surface area is 223 Å². The van der Waals surface area contributed by atoms with Crippen LogP contribution in [0.2, 0.25) is 0 Å². The van der Waals surface area contributed by atoms with Gasteiger partial charge in [-0.1, -0.05) is 60.2 Å². The number of nitrogens with one attached hydrogen (secondary N) is 1. The van der Waals surface area contributed by atoms with Gasteiger partial charge >= 0.3 is 0 Å². The summed E-state index contributed by atoms with van der Waals surface area (Å²) >= 11 is 0. The van der Waals surface area contributed by atoms with E-state index in [1.165, 1.54) is 5.56 Å². The number of hydrogen-bond acceptors (Lipinski definition) is 4. The molecule has 0 atom stereocenters. The SMILES string of the molecule is Cc1ccc(-c2ccccc2C(=O)Nc2ccc(C(=O)N(C)c3ccccc3N3CCOCC3)cc2)cc1. The fourth-order valence-corrected chi connectivity index (χ4v) is 4.68. The molecule has 4 aromatic carbocycles. The van der Waals surface area contributed by atoms with Gasteiger partial charge in [-0.3, -0.25) is 9.59 Å². The van der Waals surface area contributed by atoms with Gasteiger partial charge in [0.05, 0.1) is 24.6 Å². The summed E-state index contributed by atoms with van der Waals surface area (Å²) < 4.78 is 5.49. The summed E-state index contributed by atoms with van der Waals surface area (Å²) in [6.07, 6.45) is 0. The molecule has 6 heteroatoms. The summed E-state index contributed by atoms with van der Waals surface area (Å²) in [7, 11) is 1.79. The molecule has 1 N–H and O–H groups in total. The van der Waals surface area contributed by atoms with E-state index in [0.717, 1.165) is 35.6 Å². The summed E-state index contributed by atoms with van der Waals surface area (Å²) in [5.41, 5.74) is 6.66. The molecule has 0 saturated carbocycles. The van der Waals surface area contributed by atoms with E-state index in [1.54, 1.807) is 36.2 Å². The minimum absolute atomic E-state index is 0.117. The maximum Gasteiger partial charge on any atom is 0.258 e. The molecular formula is C32H31N3O3. The van der Waals surface area contributed by atoms with Gasteiger partial charge in [0.25, 0.3) is 11.8 Å². The molecule has 0 radical (unpaired) electrons. The third-order valence-electron chi connectivity index (χ3n) is 6.82. The summed E-state index contributed by atoms with van der Waals surface area (Å²) in [6.45, 7) is 4.97. The van der Waals surface area contributed by atoms with E-state index in [1.807, 2.05) is 79.7 Å². The quantitative estimate of drug-likeness (QED) is 0.348. The number of anilines is 3. The molecule has 6 nitrogen and oxygen atoms in total. The molecule has 1 aliphatic rings. The van der Waals surface area contributed by atoms with Gasteiger partial charge in [0.2, 0.25) is 0 Å². The van der Waals surface area contributed by atoms with Crippen molar-refractivity contribution in [2.24, 2.45) is 0 Å². The average Bonchev–Trinajstić information content (AvgIpc) is 2.97. The number of carbonyl (C=O) groups excluding carboxylic acids is 2. The van der Waals surface area contributed by atoms with Crippen molar-refractivity contribution in [3.05, 3.63) is 114 Å². The van der Waals surface area contributed by atoms with Gasteiger partial charge in [-0.2, -0.15) is 0 Å². The van der Waals surface area contributed by atoms with Gasteiger partial charge in [-0.25, -0.2) is 0 Å². The van der Waals surface area contributed by atoms with Crippen molar-refractivity contribution in [3.8, 4) is 11.1 Å². The molecule has 1 aliphatic heterocycles. The van der Waals surface area contributed by atoms with Crippen molar-refractivity contribution in [1.29, 1.82) is 0 Å². The highest BCUT2D eigenvalue weighted by atomic mass is 16.5. The second kappa shape index (κ2) is 11.3. The number of para-hydroxylation sites is 2. The van der Waals surface area contributed by atoms with E-state index in [9.17, 15) is 9.59 Å². The van der Waals surface area contributed by atoms with Gasteiger partial charge in [0.15, 0.2) is 0 Å². The molecule has 1 saturated heterocycles. The van der Waals surface area contributed by atoms with Crippen LogP contribution in [0.25, 0.3) is 11.1 Å². The molecule has 0 aromatic heterocycles. The summed E-state index contributed by atoms with van der Waals surface area (Å²) in [6, 6.07) is 30.6. The minimum Gasteiger partial charge on any atom is -0.378 e. The molecule has 0 spiro atoms. The van der Waals surface area contributed by atoms with Crippen LogP contribution in [0.4, 0.5) is 17.1 Å². The number of rotatable bonds is 6. The number of nitrogens with zero attached hydrogens (tertiary/aromatic N) is 2. The maximum atomic E-state index is 13.4. The highest BCUT2D eigenvalue weighted by Crippen LogP contribution is 2.30. The van der Waals surface area contributed by atoms with Crippen molar-refractivity contribution in [2.75, 3.05) is 48.5 Å². The van der Waals surface area contributed by atoms with E-state index in [0.29, 0.717) is 30.0 Å². The predicted molar refractivity (Wildman–Crippen MR) is 153 cm³/mol. The lowest BCUT2D eigenvalue weighted by Gasteiger charge is -2.32. The fraction of sp³-hybridized carbons (Fsp3) is 0.188. The summed E-state index contributed by atoms with van der Waals surface area (Å²) in [5.74, 6) is -0.315. The van der Waals surface area contributed by atoms with Crippen LogP contribution in [0.3, 0.4) is 0 Å². The molecule has 2 amide bonds. The van der Waals surface area contributed by atoms with Crippen LogP contribution in [-0.4, -0.2) is 45.2 Å². The zero-order chi connectivity index (χ0) is 26.5. The molecule has 4 aromatic rings. The Morgan fingerprint density at radius 1 is 0.816 bits per heavy atom.